The van der Waals surface area contributed by atoms with E-state index in [1.807, 2.05) is 30.3 Å². The van der Waals surface area contributed by atoms with Gasteiger partial charge in [0.05, 0.1) is 31.3 Å². The summed E-state index contributed by atoms with van der Waals surface area (Å²) in [6.45, 7) is 6.65. The van der Waals surface area contributed by atoms with E-state index >= 15 is 0 Å². The Bertz CT molecular complexity index is 710. The Morgan fingerprint density at radius 2 is 1.48 bits per heavy atom. The minimum atomic E-state index is -0.0944. The lowest BCUT2D eigenvalue weighted by atomic mass is 9.93. The zero-order valence-electron chi connectivity index (χ0n) is 15.6. The molecule has 2 atom stereocenters. The van der Waals surface area contributed by atoms with Crippen LogP contribution in [0.2, 0.25) is 0 Å². The third-order valence-electron chi connectivity index (χ3n) is 5.67. The van der Waals surface area contributed by atoms with Crippen molar-refractivity contribution in [2.75, 3.05) is 52.6 Å². The Hall–Kier alpha value is -1.57. The summed E-state index contributed by atoms with van der Waals surface area (Å²) in [5.74, 6) is 0.255. The van der Waals surface area contributed by atoms with E-state index in [0.29, 0.717) is 0 Å². The lowest BCUT2D eigenvalue weighted by Gasteiger charge is -2.39. The summed E-state index contributed by atoms with van der Waals surface area (Å²) in [4.78, 5) is 17.9. The molecule has 0 amide bonds. The molecular weight excluding hydrogens is 360 g/mol. The molecule has 2 saturated heterocycles. The van der Waals surface area contributed by atoms with Crippen LogP contribution < -0.4 is 9.80 Å². The number of rotatable bonds is 6. The Kier molecular flexibility index (Phi) is 6.32. The maximum atomic E-state index is 13.7. The van der Waals surface area contributed by atoms with Gasteiger partial charge in [0.25, 0.3) is 0 Å². The predicted molar refractivity (Wildman–Crippen MR) is 105 cm³/mol. The summed E-state index contributed by atoms with van der Waals surface area (Å²) in [5, 5.41) is 2.13. The molecule has 1 aromatic carbocycles. The van der Waals surface area contributed by atoms with Gasteiger partial charge in [-0.05, 0) is 11.4 Å². The molecule has 0 spiro atoms. The van der Waals surface area contributed by atoms with Gasteiger partial charge in [-0.2, -0.15) is 0 Å². The fraction of sp³-hybridized carbons (Fsp3) is 0.476. The number of ether oxygens (including phenoxy) is 2. The van der Waals surface area contributed by atoms with Gasteiger partial charge in [0.2, 0.25) is 11.8 Å². The van der Waals surface area contributed by atoms with E-state index in [9.17, 15) is 4.79 Å². The SMILES string of the molecule is O=C(c1ccccc1)[C@@H]([C@@H](c1cccs1)[NH+]1CCOCC1)[NH+]1CCOCC1. The lowest BCUT2D eigenvalue weighted by molar-refractivity contribution is -0.998. The summed E-state index contributed by atoms with van der Waals surface area (Å²) in [5.41, 5.74) is 0.815. The van der Waals surface area contributed by atoms with Crippen molar-refractivity contribution in [3.8, 4) is 0 Å². The monoisotopic (exact) mass is 388 g/mol. The summed E-state index contributed by atoms with van der Waals surface area (Å²) >= 11 is 1.77. The van der Waals surface area contributed by atoms with Crippen LogP contribution in [0.3, 0.4) is 0 Å². The van der Waals surface area contributed by atoms with E-state index in [-0.39, 0.29) is 17.9 Å². The Morgan fingerprint density at radius 1 is 0.852 bits per heavy atom. The van der Waals surface area contributed by atoms with E-state index in [2.05, 4.69) is 17.5 Å². The standard InChI is InChI=1S/C21H26N2O3S/c24-21(17-5-2-1-3-6-17)20(23-10-14-26-15-11-23)19(18-7-4-16-27-18)22-8-12-25-13-9-22/h1-7,16,19-20H,8-15H2/p+2/t19-,20-/m1/s1. The number of carbonyl (C=O) groups excluding carboxylic acids is 1. The van der Waals surface area contributed by atoms with Crippen molar-refractivity contribution >= 4 is 17.1 Å². The predicted octanol–water partition coefficient (Wildman–Crippen LogP) is -0.129. The first-order valence-electron chi connectivity index (χ1n) is 9.82. The lowest BCUT2D eigenvalue weighted by Crippen LogP contribution is -3.25. The van der Waals surface area contributed by atoms with Crippen LogP contribution in [0, 0.1) is 0 Å². The fourth-order valence-corrected chi connectivity index (χ4v) is 5.23. The highest BCUT2D eigenvalue weighted by Crippen LogP contribution is 2.21. The average Bonchev–Trinajstić information content (AvgIpc) is 3.28. The van der Waals surface area contributed by atoms with Gasteiger partial charge in [0.15, 0.2) is 6.04 Å². The largest absolute Gasteiger partial charge is 0.370 e. The number of nitrogens with one attached hydrogen (secondary N) is 2. The van der Waals surface area contributed by atoms with Crippen molar-refractivity contribution in [2.24, 2.45) is 0 Å². The second-order valence-corrected chi connectivity index (χ2v) is 8.22. The number of carbonyl (C=O) groups is 1. The van der Waals surface area contributed by atoms with Crippen molar-refractivity contribution in [3.05, 3.63) is 58.3 Å². The Morgan fingerprint density at radius 3 is 2.07 bits per heavy atom. The highest BCUT2D eigenvalue weighted by molar-refractivity contribution is 7.10. The summed E-state index contributed by atoms with van der Waals surface area (Å²) in [6.07, 6.45) is 0. The first kappa shape index (κ1) is 18.8. The third-order valence-corrected chi connectivity index (χ3v) is 6.63. The van der Waals surface area contributed by atoms with Crippen LogP contribution in [0.5, 0.6) is 0 Å². The highest BCUT2D eigenvalue weighted by Gasteiger charge is 2.46. The molecule has 0 aliphatic carbocycles. The molecule has 2 N–H and O–H groups in total. The molecule has 144 valence electrons. The molecule has 2 aliphatic heterocycles. The molecule has 0 radical (unpaired) electrons. The molecule has 4 rings (SSSR count). The number of morpholine rings is 2. The van der Waals surface area contributed by atoms with Gasteiger partial charge < -0.3 is 19.3 Å². The van der Waals surface area contributed by atoms with E-state index in [0.717, 1.165) is 58.2 Å². The van der Waals surface area contributed by atoms with Crippen LogP contribution in [0.25, 0.3) is 0 Å². The van der Waals surface area contributed by atoms with Crippen LogP contribution >= 0.6 is 11.3 Å². The molecule has 6 heteroatoms. The van der Waals surface area contributed by atoms with Crippen LogP contribution in [0.4, 0.5) is 0 Å². The Labute approximate surface area is 164 Å². The van der Waals surface area contributed by atoms with Gasteiger partial charge in [-0.1, -0.05) is 36.4 Å². The highest BCUT2D eigenvalue weighted by atomic mass is 32.1. The molecule has 2 aliphatic rings. The van der Waals surface area contributed by atoms with E-state index in [1.54, 1.807) is 11.3 Å². The molecule has 3 heterocycles. The molecule has 2 aromatic rings. The number of quaternary nitrogens is 2. The molecule has 0 unspecified atom stereocenters. The number of ketones is 1. The Balaban J connectivity index is 1.72. The number of thiophene rings is 1. The van der Waals surface area contributed by atoms with Crippen molar-refractivity contribution in [1.82, 2.24) is 0 Å². The zero-order valence-corrected chi connectivity index (χ0v) is 16.4. The summed E-state index contributed by atoms with van der Waals surface area (Å²) in [7, 11) is 0. The van der Waals surface area contributed by atoms with Crippen molar-refractivity contribution < 1.29 is 24.1 Å². The normalized spacial score (nSPS) is 21.6. The molecule has 27 heavy (non-hydrogen) atoms. The summed E-state index contributed by atoms with van der Waals surface area (Å²) in [6, 6.07) is 14.2. The minimum absolute atomic E-state index is 0.0944. The second kappa shape index (κ2) is 9.08. The van der Waals surface area contributed by atoms with E-state index < -0.39 is 0 Å². The minimum Gasteiger partial charge on any atom is -0.370 e. The zero-order chi connectivity index (χ0) is 18.5. The van der Waals surface area contributed by atoms with Crippen molar-refractivity contribution in [2.45, 2.75) is 12.1 Å². The van der Waals surface area contributed by atoms with Crippen LogP contribution in [-0.4, -0.2) is 64.4 Å². The van der Waals surface area contributed by atoms with Crippen LogP contribution in [0.1, 0.15) is 21.3 Å². The molecule has 2 fully saturated rings. The average molecular weight is 389 g/mol. The third kappa shape index (κ3) is 4.31. The van der Waals surface area contributed by atoms with Gasteiger partial charge in [-0.15, -0.1) is 11.3 Å². The fourth-order valence-electron chi connectivity index (χ4n) is 4.31. The number of benzene rings is 1. The second-order valence-electron chi connectivity index (χ2n) is 7.24. The summed E-state index contributed by atoms with van der Waals surface area (Å²) < 4.78 is 11.2. The quantitative estimate of drug-likeness (QED) is 0.678. The first-order valence-corrected chi connectivity index (χ1v) is 10.7. The topological polar surface area (TPSA) is 44.4 Å². The van der Waals surface area contributed by atoms with Crippen molar-refractivity contribution in [1.29, 1.82) is 0 Å². The number of hydrogen-bond donors (Lipinski definition) is 2. The van der Waals surface area contributed by atoms with Gasteiger partial charge in [0.1, 0.15) is 26.2 Å². The number of hydrogen-bond acceptors (Lipinski definition) is 4. The molecule has 0 bridgehead atoms. The van der Waals surface area contributed by atoms with Gasteiger partial charge in [0, 0.05) is 5.56 Å². The molecular formula is C21H28N2O3S+2. The van der Waals surface area contributed by atoms with Gasteiger partial charge in [-0.3, -0.25) is 4.79 Å². The van der Waals surface area contributed by atoms with E-state index in [4.69, 9.17) is 9.47 Å². The van der Waals surface area contributed by atoms with Crippen molar-refractivity contribution in [3.63, 3.8) is 0 Å². The van der Waals surface area contributed by atoms with Crippen LogP contribution in [-0.2, 0) is 9.47 Å². The maximum absolute atomic E-state index is 13.7. The van der Waals surface area contributed by atoms with E-state index in [1.165, 1.54) is 14.7 Å². The molecule has 1 aromatic heterocycles. The molecule has 5 nitrogen and oxygen atoms in total. The van der Waals surface area contributed by atoms with Gasteiger partial charge in [-0.25, -0.2) is 0 Å². The number of Topliss-reactive ketones (excluding diaryl/α,β-unsaturated/α-hetero) is 1. The molecule has 0 saturated carbocycles. The first-order chi connectivity index (χ1) is 13.3. The van der Waals surface area contributed by atoms with Crippen LogP contribution in [0.15, 0.2) is 47.8 Å². The van der Waals surface area contributed by atoms with Gasteiger partial charge >= 0.3 is 0 Å². The maximum Gasteiger partial charge on any atom is 0.226 e. The smallest absolute Gasteiger partial charge is 0.226 e.